The van der Waals surface area contributed by atoms with Crippen LogP contribution in [0.25, 0.3) is 0 Å². The average Bonchev–Trinajstić information content (AvgIpc) is 2.38. The lowest BCUT2D eigenvalue weighted by atomic mass is 9.65. The van der Waals surface area contributed by atoms with Gasteiger partial charge in [0.15, 0.2) is 0 Å². The molecule has 1 aliphatic carbocycles. The largest absolute Gasteiger partial charge is 0.296 e. The van der Waals surface area contributed by atoms with Gasteiger partial charge in [0, 0.05) is 18.1 Å². The van der Waals surface area contributed by atoms with Gasteiger partial charge in [-0.15, -0.1) is 0 Å². The van der Waals surface area contributed by atoms with Gasteiger partial charge in [0.05, 0.1) is 0 Å². The van der Waals surface area contributed by atoms with Crippen LogP contribution in [0.2, 0.25) is 0 Å². The highest BCUT2D eigenvalue weighted by Gasteiger charge is 2.41. The van der Waals surface area contributed by atoms with Gasteiger partial charge in [0.1, 0.15) is 0 Å². The number of fused-ring (bicyclic) bond motifs is 4. The second-order valence-corrected chi connectivity index (χ2v) is 6.14. The number of likely N-dealkylation sites (tertiary alicyclic amines) is 1. The van der Waals surface area contributed by atoms with E-state index in [9.17, 15) is 0 Å². The minimum atomic E-state index is 0.390. The van der Waals surface area contributed by atoms with Crippen molar-refractivity contribution in [3.63, 3.8) is 0 Å². The van der Waals surface area contributed by atoms with Crippen molar-refractivity contribution < 1.29 is 0 Å². The average molecular weight is 262 g/mol. The minimum Gasteiger partial charge on any atom is -0.296 e. The minimum absolute atomic E-state index is 0.390. The predicted octanol–water partition coefficient (Wildman–Crippen LogP) is 3.72. The van der Waals surface area contributed by atoms with Gasteiger partial charge in [0.25, 0.3) is 0 Å². The number of hydrogen-bond donors (Lipinski definition) is 0. The van der Waals surface area contributed by atoms with Crippen LogP contribution in [0.5, 0.6) is 0 Å². The Morgan fingerprint density at radius 3 is 3.11 bits per heavy atom. The second kappa shape index (κ2) is 4.71. The second-order valence-electron chi connectivity index (χ2n) is 5.89. The van der Waals surface area contributed by atoms with Crippen LogP contribution in [-0.4, -0.2) is 24.0 Å². The van der Waals surface area contributed by atoms with Crippen LogP contribution in [0, 0.1) is 0 Å². The monoisotopic (exact) mass is 261 g/mol. The molecule has 0 saturated carbocycles. The summed E-state index contributed by atoms with van der Waals surface area (Å²) >= 11 is 5.66. The molecule has 2 unspecified atom stereocenters. The first-order valence-corrected chi connectivity index (χ1v) is 7.24. The highest BCUT2D eigenvalue weighted by molar-refractivity contribution is 6.25. The highest BCUT2D eigenvalue weighted by atomic mass is 35.5. The molecule has 1 heterocycles. The van der Waals surface area contributed by atoms with Crippen molar-refractivity contribution in [2.45, 2.75) is 37.6 Å². The van der Waals surface area contributed by atoms with Gasteiger partial charge in [-0.2, -0.15) is 0 Å². The summed E-state index contributed by atoms with van der Waals surface area (Å²) in [5.74, 6) is 0. The van der Waals surface area contributed by atoms with Gasteiger partial charge >= 0.3 is 0 Å². The zero-order valence-corrected chi connectivity index (χ0v) is 11.7. The van der Waals surface area contributed by atoms with E-state index < -0.39 is 0 Å². The molecule has 0 radical (unpaired) electrons. The van der Waals surface area contributed by atoms with Gasteiger partial charge in [-0.3, -0.25) is 4.90 Å². The van der Waals surface area contributed by atoms with Crippen molar-refractivity contribution >= 4 is 11.6 Å². The number of rotatable bonds is 2. The summed E-state index contributed by atoms with van der Waals surface area (Å²) in [6.45, 7) is 4.62. The van der Waals surface area contributed by atoms with Gasteiger partial charge in [0.2, 0.25) is 0 Å². The smallest absolute Gasteiger partial charge is 0.0177 e. The first-order valence-electron chi connectivity index (χ1n) is 6.80. The number of hydrogen-bond acceptors (Lipinski definition) is 1. The number of halogens is 1. The number of piperidine rings is 1. The van der Waals surface area contributed by atoms with E-state index in [0.29, 0.717) is 11.5 Å². The molecule has 1 aromatic carbocycles. The van der Waals surface area contributed by atoms with Crippen LogP contribution >= 0.6 is 11.6 Å². The van der Waals surface area contributed by atoms with Crippen molar-refractivity contribution in [2.24, 2.45) is 0 Å². The molecule has 2 atom stereocenters. The molecule has 2 heteroatoms. The topological polar surface area (TPSA) is 3.24 Å². The van der Waals surface area contributed by atoms with E-state index in [1.165, 1.54) is 25.8 Å². The van der Waals surface area contributed by atoms with E-state index in [-0.39, 0.29) is 0 Å². The molecule has 0 amide bonds. The first kappa shape index (κ1) is 12.3. The molecule has 1 saturated heterocycles. The van der Waals surface area contributed by atoms with Crippen LogP contribution in [0.1, 0.15) is 30.9 Å². The van der Waals surface area contributed by atoms with Crippen LogP contribution in [-0.2, 0) is 11.8 Å². The third-order valence-corrected chi connectivity index (χ3v) is 4.88. The Balaban J connectivity index is 1.90. The Bertz CT molecular complexity index is 468. The molecule has 0 aromatic heterocycles. The fourth-order valence-corrected chi connectivity index (χ4v) is 3.81. The van der Waals surface area contributed by atoms with E-state index in [0.717, 1.165) is 6.54 Å². The molecule has 2 aliphatic rings. The quantitative estimate of drug-likeness (QED) is 0.784. The van der Waals surface area contributed by atoms with Gasteiger partial charge in [-0.1, -0.05) is 48.9 Å². The zero-order chi connectivity index (χ0) is 12.6. The molecule has 0 spiro atoms. The van der Waals surface area contributed by atoms with E-state index in [4.69, 9.17) is 11.6 Å². The summed E-state index contributed by atoms with van der Waals surface area (Å²) in [5.41, 5.74) is 5.18. The first-order chi connectivity index (χ1) is 8.73. The summed E-state index contributed by atoms with van der Waals surface area (Å²) in [5, 5.41) is 0. The molecule has 1 fully saturated rings. The van der Waals surface area contributed by atoms with Crippen molar-refractivity contribution in [1.29, 1.82) is 0 Å². The summed E-state index contributed by atoms with van der Waals surface area (Å²) in [4.78, 5) is 2.58. The predicted molar refractivity (Wildman–Crippen MR) is 77.1 cm³/mol. The van der Waals surface area contributed by atoms with E-state index in [2.05, 4.69) is 42.2 Å². The van der Waals surface area contributed by atoms with E-state index in [1.807, 2.05) is 0 Å². The van der Waals surface area contributed by atoms with Gasteiger partial charge < -0.3 is 0 Å². The van der Waals surface area contributed by atoms with Crippen LogP contribution < -0.4 is 0 Å². The fraction of sp³-hybridized carbons (Fsp3) is 0.500. The molecule has 3 rings (SSSR count). The van der Waals surface area contributed by atoms with Crippen LogP contribution in [0.15, 0.2) is 35.9 Å². The summed E-state index contributed by atoms with van der Waals surface area (Å²) in [6.07, 6.45) is 5.81. The molecule has 18 heavy (non-hydrogen) atoms. The molecule has 1 nitrogen and oxygen atoms in total. The SMILES string of the molecule is CC12CCN(CC=CCl)C(Cc3ccccc31)C2. The molecule has 1 aromatic rings. The summed E-state index contributed by atoms with van der Waals surface area (Å²) < 4.78 is 0. The van der Waals surface area contributed by atoms with Gasteiger partial charge in [-0.25, -0.2) is 0 Å². The Morgan fingerprint density at radius 1 is 1.44 bits per heavy atom. The normalized spacial score (nSPS) is 31.6. The summed E-state index contributed by atoms with van der Waals surface area (Å²) in [7, 11) is 0. The molecule has 96 valence electrons. The molecular weight excluding hydrogens is 242 g/mol. The standard InChI is InChI=1S/C16H20ClN/c1-16-7-10-18(9-4-8-17)14(12-16)11-13-5-2-3-6-15(13)16/h2-6,8,14H,7,9-12H2,1H3. The van der Waals surface area contributed by atoms with E-state index >= 15 is 0 Å². The Morgan fingerprint density at radius 2 is 2.28 bits per heavy atom. The molecule has 1 aliphatic heterocycles. The molecule has 0 N–H and O–H groups in total. The number of benzene rings is 1. The lowest BCUT2D eigenvalue weighted by Gasteiger charge is -2.49. The fourth-order valence-electron chi connectivity index (χ4n) is 3.73. The lowest BCUT2D eigenvalue weighted by molar-refractivity contribution is 0.0989. The Hall–Kier alpha value is -0.790. The number of nitrogens with zero attached hydrogens (tertiary/aromatic N) is 1. The van der Waals surface area contributed by atoms with Crippen LogP contribution in [0.4, 0.5) is 0 Å². The van der Waals surface area contributed by atoms with Crippen LogP contribution in [0.3, 0.4) is 0 Å². The maximum Gasteiger partial charge on any atom is 0.0177 e. The van der Waals surface area contributed by atoms with Crippen molar-refractivity contribution in [2.75, 3.05) is 13.1 Å². The zero-order valence-electron chi connectivity index (χ0n) is 10.9. The van der Waals surface area contributed by atoms with Crippen molar-refractivity contribution in [3.05, 3.63) is 47.0 Å². The maximum absolute atomic E-state index is 5.66. The van der Waals surface area contributed by atoms with Gasteiger partial charge in [-0.05, 0) is 42.3 Å². The maximum atomic E-state index is 5.66. The Labute approximate surface area is 114 Å². The highest BCUT2D eigenvalue weighted by Crippen LogP contribution is 2.44. The third kappa shape index (κ3) is 2.00. The van der Waals surface area contributed by atoms with E-state index in [1.54, 1.807) is 16.7 Å². The molecular formula is C16H20ClN. The Kier molecular flexibility index (Phi) is 3.21. The summed E-state index contributed by atoms with van der Waals surface area (Å²) in [6, 6.07) is 9.69. The lowest BCUT2D eigenvalue weighted by Crippen LogP contribution is -2.52. The third-order valence-electron chi connectivity index (χ3n) is 4.71. The van der Waals surface area contributed by atoms with Crippen molar-refractivity contribution in [3.8, 4) is 0 Å². The van der Waals surface area contributed by atoms with Crippen molar-refractivity contribution in [1.82, 2.24) is 4.90 Å². The molecule has 2 bridgehead atoms.